The van der Waals surface area contributed by atoms with Crippen LogP contribution >= 0.6 is 0 Å². The Balaban J connectivity index is 2.42. The van der Waals surface area contributed by atoms with Crippen molar-refractivity contribution in [1.82, 2.24) is 5.10 Å². The third-order valence-corrected chi connectivity index (χ3v) is 2.42. The zero-order valence-corrected chi connectivity index (χ0v) is 7.22. The molecule has 11 heavy (non-hydrogen) atoms. The molecule has 0 saturated heterocycles. The summed E-state index contributed by atoms with van der Waals surface area (Å²) in [5, 5.41) is 3.29. The van der Waals surface area contributed by atoms with E-state index in [-0.39, 0.29) is 0 Å². The number of aromatic amines is 1. The predicted octanol–water partition coefficient (Wildman–Crippen LogP) is 1.37. The second kappa shape index (κ2) is 2.36. The van der Waals surface area contributed by atoms with Crippen molar-refractivity contribution in [3.8, 4) is 0 Å². The van der Waals surface area contributed by atoms with Gasteiger partial charge >= 0.3 is 0 Å². The van der Waals surface area contributed by atoms with Crippen LogP contribution in [0.25, 0.3) is 0 Å². The molecule has 0 amide bonds. The van der Waals surface area contributed by atoms with Gasteiger partial charge in [0, 0.05) is 12.0 Å². The number of fused-ring (bicyclic) bond motifs is 1. The molecule has 2 nitrogen and oxygen atoms in total. The van der Waals surface area contributed by atoms with Gasteiger partial charge in [0.05, 0.1) is 6.20 Å². The number of nitrogens with one attached hydrogen (secondary N) is 1. The van der Waals surface area contributed by atoms with Crippen LogP contribution in [0.3, 0.4) is 0 Å². The van der Waals surface area contributed by atoms with Gasteiger partial charge in [0.25, 0.3) is 0 Å². The summed E-state index contributed by atoms with van der Waals surface area (Å²) >= 11 is 0. The maximum Gasteiger partial charge on any atom is 0.211 e. The van der Waals surface area contributed by atoms with Crippen molar-refractivity contribution in [2.45, 2.75) is 39.2 Å². The summed E-state index contributed by atoms with van der Waals surface area (Å²) in [7, 11) is 0. The Bertz CT molecular complexity index is 261. The van der Waals surface area contributed by atoms with E-state index in [1.54, 1.807) is 0 Å². The molecular weight excluding hydrogens is 136 g/mol. The lowest BCUT2D eigenvalue weighted by Crippen LogP contribution is -2.41. The summed E-state index contributed by atoms with van der Waals surface area (Å²) in [5.74, 6) is 0. The van der Waals surface area contributed by atoms with Gasteiger partial charge in [0.2, 0.25) is 5.69 Å². The Morgan fingerprint density at radius 3 is 3.00 bits per heavy atom. The van der Waals surface area contributed by atoms with Gasteiger partial charge in [-0.2, -0.15) is 5.10 Å². The lowest BCUT2D eigenvalue weighted by Gasteiger charge is -1.96. The molecule has 0 fully saturated rings. The number of H-pyrrole nitrogens is 1. The first kappa shape index (κ1) is 6.89. The smallest absolute Gasteiger partial charge is 0.172 e. The van der Waals surface area contributed by atoms with Crippen LogP contribution in [-0.4, -0.2) is 5.10 Å². The first-order chi connectivity index (χ1) is 5.29. The highest BCUT2D eigenvalue weighted by Gasteiger charge is 2.25. The highest BCUT2D eigenvalue weighted by atomic mass is 15.3. The maximum absolute atomic E-state index is 3.29. The van der Waals surface area contributed by atoms with Gasteiger partial charge in [-0.1, -0.05) is 0 Å². The molecule has 1 aromatic rings. The molecule has 1 aliphatic rings. The maximum atomic E-state index is 3.29. The van der Waals surface area contributed by atoms with Crippen molar-refractivity contribution in [2.24, 2.45) is 0 Å². The summed E-state index contributed by atoms with van der Waals surface area (Å²) in [4.78, 5) is 0. The Morgan fingerprint density at radius 2 is 2.27 bits per heavy atom. The van der Waals surface area contributed by atoms with E-state index in [1.165, 1.54) is 30.5 Å². The summed E-state index contributed by atoms with van der Waals surface area (Å²) in [6.45, 7) is 4.43. The fourth-order valence-corrected chi connectivity index (χ4v) is 1.87. The fraction of sp³-hybridized carbons (Fsp3) is 0.667. The number of aryl methyl sites for hydroxylation is 1. The van der Waals surface area contributed by atoms with Crippen molar-refractivity contribution in [3.63, 3.8) is 0 Å². The lowest BCUT2D eigenvalue weighted by atomic mass is 10.3. The van der Waals surface area contributed by atoms with E-state index in [4.69, 9.17) is 0 Å². The number of aromatic nitrogens is 2. The standard InChI is InChI=1S/C9H14N2/c1-7(2)11-9-5-3-4-8(9)6-10-11/h6-7H,3-5H2,1-2H3/p+1. The van der Waals surface area contributed by atoms with Crippen LogP contribution in [0, 0.1) is 0 Å². The molecule has 0 radical (unpaired) electrons. The number of hydrogen-bond acceptors (Lipinski definition) is 0. The Kier molecular flexibility index (Phi) is 1.48. The minimum Gasteiger partial charge on any atom is -0.172 e. The van der Waals surface area contributed by atoms with Gasteiger partial charge in [-0.15, -0.1) is 4.68 Å². The number of hydrogen-bond donors (Lipinski definition) is 1. The van der Waals surface area contributed by atoms with E-state index >= 15 is 0 Å². The third kappa shape index (κ3) is 0.971. The molecule has 1 aromatic heterocycles. The van der Waals surface area contributed by atoms with Crippen LogP contribution in [0.2, 0.25) is 0 Å². The van der Waals surface area contributed by atoms with Gasteiger partial charge in [0.1, 0.15) is 0 Å². The van der Waals surface area contributed by atoms with Gasteiger partial charge in [-0.3, -0.25) is 0 Å². The van der Waals surface area contributed by atoms with Crippen molar-refractivity contribution in [3.05, 3.63) is 17.5 Å². The molecule has 0 unspecified atom stereocenters. The van der Waals surface area contributed by atoms with E-state index in [1.807, 2.05) is 0 Å². The van der Waals surface area contributed by atoms with Gasteiger partial charge in [-0.25, -0.2) is 0 Å². The topological polar surface area (TPSA) is 19.7 Å². The number of rotatable bonds is 1. The zero-order valence-electron chi connectivity index (χ0n) is 7.22. The van der Waals surface area contributed by atoms with Crippen molar-refractivity contribution in [2.75, 3.05) is 0 Å². The van der Waals surface area contributed by atoms with Gasteiger partial charge < -0.3 is 0 Å². The van der Waals surface area contributed by atoms with Crippen LogP contribution in [-0.2, 0) is 12.8 Å². The highest BCUT2D eigenvalue weighted by Crippen LogP contribution is 2.18. The highest BCUT2D eigenvalue weighted by molar-refractivity contribution is 5.17. The number of nitrogens with zero attached hydrogens (tertiary/aromatic N) is 1. The van der Waals surface area contributed by atoms with E-state index in [0.29, 0.717) is 6.04 Å². The molecule has 1 heterocycles. The lowest BCUT2D eigenvalue weighted by molar-refractivity contribution is -0.773. The van der Waals surface area contributed by atoms with E-state index < -0.39 is 0 Å². The monoisotopic (exact) mass is 151 g/mol. The molecule has 0 bridgehead atoms. The van der Waals surface area contributed by atoms with Gasteiger partial charge in [0.15, 0.2) is 6.04 Å². The second-order valence-corrected chi connectivity index (χ2v) is 3.56. The predicted molar refractivity (Wildman–Crippen MR) is 43.4 cm³/mol. The van der Waals surface area contributed by atoms with Crippen molar-refractivity contribution < 1.29 is 4.68 Å². The first-order valence-corrected chi connectivity index (χ1v) is 4.39. The van der Waals surface area contributed by atoms with Crippen LogP contribution < -0.4 is 4.68 Å². The molecule has 1 N–H and O–H groups in total. The Hall–Kier alpha value is -0.790. The molecule has 0 spiro atoms. The van der Waals surface area contributed by atoms with Crippen LogP contribution in [0.15, 0.2) is 6.20 Å². The molecule has 0 saturated carbocycles. The zero-order chi connectivity index (χ0) is 7.84. The van der Waals surface area contributed by atoms with Crippen molar-refractivity contribution >= 4 is 0 Å². The molecule has 2 rings (SSSR count). The summed E-state index contributed by atoms with van der Waals surface area (Å²) in [6, 6.07) is 0.580. The molecule has 0 atom stereocenters. The fourth-order valence-electron chi connectivity index (χ4n) is 1.87. The van der Waals surface area contributed by atoms with Gasteiger partial charge in [-0.05, 0) is 26.7 Å². The van der Waals surface area contributed by atoms with Crippen LogP contribution in [0.1, 0.15) is 37.6 Å². The Morgan fingerprint density at radius 1 is 1.45 bits per heavy atom. The SMILES string of the molecule is CC(C)[n+]1[nH]cc2c1CCC2. The molecule has 60 valence electrons. The molecular formula is C9H15N2+. The average Bonchev–Trinajstić information content (AvgIpc) is 2.41. The van der Waals surface area contributed by atoms with Crippen LogP contribution in [0.5, 0.6) is 0 Å². The first-order valence-electron chi connectivity index (χ1n) is 4.39. The third-order valence-electron chi connectivity index (χ3n) is 2.42. The summed E-state index contributed by atoms with van der Waals surface area (Å²) < 4.78 is 2.28. The average molecular weight is 151 g/mol. The minimum absolute atomic E-state index is 0.580. The molecule has 0 aromatic carbocycles. The molecule has 0 aliphatic heterocycles. The summed E-state index contributed by atoms with van der Waals surface area (Å²) in [6.07, 6.45) is 6.02. The van der Waals surface area contributed by atoms with E-state index in [9.17, 15) is 0 Å². The second-order valence-electron chi connectivity index (χ2n) is 3.56. The minimum atomic E-state index is 0.580. The molecule has 2 heteroatoms. The van der Waals surface area contributed by atoms with E-state index in [0.717, 1.165) is 0 Å². The normalized spacial score (nSPS) is 15.9. The van der Waals surface area contributed by atoms with Crippen LogP contribution in [0.4, 0.5) is 0 Å². The van der Waals surface area contributed by atoms with Crippen molar-refractivity contribution in [1.29, 1.82) is 0 Å². The quantitative estimate of drug-likeness (QED) is 0.585. The largest absolute Gasteiger partial charge is 0.211 e. The Labute approximate surface area is 67.2 Å². The summed E-state index contributed by atoms with van der Waals surface area (Å²) in [5.41, 5.74) is 3.05. The molecule has 1 aliphatic carbocycles. The van der Waals surface area contributed by atoms with E-state index in [2.05, 4.69) is 29.8 Å².